The summed E-state index contributed by atoms with van der Waals surface area (Å²) in [7, 11) is 1.71. The maximum atomic E-state index is 10.7. The van der Waals surface area contributed by atoms with Crippen LogP contribution < -0.4 is 4.74 Å². The van der Waals surface area contributed by atoms with Crippen LogP contribution in [0, 0.1) is 24.0 Å². The van der Waals surface area contributed by atoms with Crippen molar-refractivity contribution < 1.29 is 14.8 Å². The highest BCUT2D eigenvalue weighted by Gasteiger charge is 2.16. The molecule has 0 saturated carbocycles. The number of rotatable bonds is 4. The number of ether oxygens (including phenoxy) is 1. The first-order valence-corrected chi connectivity index (χ1v) is 6.00. The summed E-state index contributed by atoms with van der Waals surface area (Å²) in [4.78, 5) is 10.2. The van der Waals surface area contributed by atoms with Crippen LogP contribution in [-0.4, -0.2) is 19.8 Å². The van der Waals surface area contributed by atoms with Crippen molar-refractivity contribution in [2.75, 3.05) is 0 Å². The Balaban J connectivity index is 2.38. The number of nitrogens with zero attached hydrogens (tertiary/aromatic N) is 3. The Bertz CT molecular complexity index is 664. The Kier molecular flexibility index (Phi) is 3.71. The minimum atomic E-state index is -0.454. The third-order valence-electron chi connectivity index (χ3n) is 3.02. The van der Waals surface area contributed by atoms with Gasteiger partial charge in [0, 0.05) is 19.2 Å². The van der Waals surface area contributed by atoms with Crippen molar-refractivity contribution in [2.24, 2.45) is 7.05 Å². The lowest BCUT2D eigenvalue weighted by Crippen LogP contribution is -1.99. The van der Waals surface area contributed by atoms with Crippen molar-refractivity contribution in [3.05, 3.63) is 45.1 Å². The molecule has 0 fully saturated rings. The standard InChI is InChI=1S/C13H15N3O4/c1-8-6-10(16(18)19)4-5-12(8)20-13-11(7-17)9(2)14-15(13)3/h4-6,17H,7H2,1-3H3. The van der Waals surface area contributed by atoms with Crippen LogP contribution in [0.15, 0.2) is 18.2 Å². The number of nitro benzene ring substituents is 1. The Morgan fingerprint density at radius 3 is 2.70 bits per heavy atom. The summed E-state index contributed by atoms with van der Waals surface area (Å²) in [5.41, 5.74) is 1.94. The van der Waals surface area contributed by atoms with Gasteiger partial charge in [0.1, 0.15) is 5.75 Å². The van der Waals surface area contributed by atoms with Gasteiger partial charge in [-0.3, -0.25) is 10.1 Å². The molecule has 0 aliphatic rings. The molecule has 1 aromatic heterocycles. The zero-order valence-corrected chi connectivity index (χ0v) is 11.5. The molecular weight excluding hydrogens is 262 g/mol. The molecule has 0 amide bonds. The molecule has 1 heterocycles. The van der Waals surface area contributed by atoms with E-state index in [0.717, 1.165) is 0 Å². The van der Waals surface area contributed by atoms with E-state index in [9.17, 15) is 15.2 Å². The first-order valence-electron chi connectivity index (χ1n) is 6.00. The van der Waals surface area contributed by atoms with Crippen LogP contribution in [-0.2, 0) is 13.7 Å². The number of aromatic nitrogens is 2. The number of aliphatic hydroxyl groups excluding tert-OH is 1. The van der Waals surface area contributed by atoms with Gasteiger partial charge in [0.05, 0.1) is 22.8 Å². The van der Waals surface area contributed by atoms with E-state index in [0.29, 0.717) is 28.5 Å². The normalized spacial score (nSPS) is 10.6. The molecule has 7 heteroatoms. The van der Waals surface area contributed by atoms with Gasteiger partial charge in [0.2, 0.25) is 5.88 Å². The summed E-state index contributed by atoms with van der Waals surface area (Å²) in [6.45, 7) is 3.33. The lowest BCUT2D eigenvalue weighted by atomic mass is 10.2. The predicted molar refractivity (Wildman–Crippen MR) is 71.8 cm³/mol. The molecule has 1 aromatic carbocycles. The van der Waals surface area contributed by atoms with Crippen molar-refractivity contribution in [1.29, 1.82) is 0 Å². The van der Waals surface area contributed by atoms with E-state index in [1.165, 1.54) is 22.9 Å². The van der Waals surface area contributed by atoms with Crippen LogP contribution in [0.4, 0.5) is 5.69 Å². The fourth-order valence-corrected chi connectivity index (χ4v) is 1.96. The van der Waals surface area contributed by atoms with E-state index in [1.807, 2.05) is 0 Å². The van der Waals surface area contributed by atoms with Crippen LogP contribution >= 0.6 is 0 Å². The van der Waals surface area contributed by atoms with Crippen molar-refractivity contribution in [3.8, 4) is 11.6 Å². The Hall–Kier alpha value is -2.41. The number of benzene rings is 1. The summed E-state index contributed by atoms with van der Waals surface area (Å²) in [5.74, 6) is 0.926. The summed E-state index contributed by atoms with van der Waals surface area (Å²) in [5, 5.41) is 24.2. The highest BCUT2D eigenvalue weighted by molar-refractivity contribution is 5.45. The molecule has 2 rings (SSSR count). The predicted octanol–water partition coefficient (Wildman–Crippen LogP) is 2.23. The van der Waals surface area contributed by atoms with Gasteiger partial charge in [-0.2, -0.15) is 5.10 Å². The van der Waals surface area contributed by atoms with Crippen LogP contribution in [0.2, 0.25) is 0 Å². The van der Waals surface area contributed by atoms with Crippen LogP contribution in [0.25, 0.3) is 0 Å². The highest BCUT2D eigenvalue weighted by Crippen LogP contribution is 2.31. The second kappa shape index (κ2) is 5.30. The molecule has 1 N–H and O–H groups in total. The molecule has 2 aromatic rings. The van der Waals surface area contributed by atoms with Gasteiger partial charge in [-0.05, 0) is 25.5 Å². The fourth-order valence-electron chi connectivity index (χ4n) is 1.96. The molecule has 0 spiro atoms. The molecule has 106 valence electrons. The van der Waals surface area contributed by atoms with Crippen LogP contribution in [0.5, 0.6) is 11.6 Å². The van der Waals surface area contributed by atoms with Gasteiger partial charge in [-0.1, -0.05) is 0 Å². The van der Waals surface area contributed by atoms with E-state index in [4.69, 9.17) is 4.74 Å². The molecule has 7 nitrogen and oxygen atoms in total. The maximum absolute atomic E-state index is 10.7. The van der Waals surface area contributed by atoms with Crippen molar-refractivity contribution in [3.63, 3.8) is 0 Å². The van der Waals surface area contributed by atoms with Gasteiger partial charge in [0.15, 0.2) is 0 Å². The average Bonchev–Trinajstić information content (AvgIpc) is 2.65. The number of hydrogen-bond donors (Lipinski definition) is 1. The third-order valence-corrected chi connectivity index (χ3v) is 3.02. The molecule has 0 saturated heterocycles. The monoisotopic (exact) mass is 277 g/mol. The lowest BCUT2D eigenvalue weighted by Gasteiger charge is -2.10. The summed E-state index contributed by atoms with van der Waals surface area (Å²) < 4.78 is 7.26. The van der Waals surface area contributed by atoms with E-state index in [1.54, 1.807) is 20.9 Å². The summed E-state index contributed by atoms with van der Waals surface area (Å²) in [6.07, 6.45) is 0. The molecule has 0 atom stereocenters. The molecular formula is C13H15N3O4. The number of non-ortho nitro benzene ring substituents is 1. The number of hydrogen-bond acceptors (Lipinski definition) is 5. The molecule has 0 aliphatic carbocycles. The minimum Gasteiger partial charge on any atom is -0.439 e. The first kappa shape index (κ1) is 14.0. The number of aliphatic hydroxyl groups is 1. The largest absolute Gasteiger partial charge is 0.439 e. The second-order valence-corrected chi connectivity index (χ2v) is 4.46. The third kappa shape index (κ3) is 2.48. The van der Waals surface area contributed by atoms with Crippen molar-refractivity contribution >= 4 is 5.69 Å². The van der Waals surface area contributed by atoms with Gasteiger partial charge in [0.25, 0.3) is 5.69 Å². The average molecular weight is 277 g/mol. The molecule has 0 bridgehead atoms. The SMILES string of the molecule is Cc1cc([N+](=O)[O-])ccc1Oc1c(CO)c(C)nn1C. The maximum Gasteiger partial charge on any atom is 0.269 e. The lowest BCUT2D eigenvalue weighted by molar-refractivity contribution is -0.384. The molecule has 20 heavy (non-hydrogen) atoms. The van der Waals surface area contributed by atoms with Crippen molar-refractivity contribution in [1.82, 2.24) is 9.78 Å². The molecule has 0 radical (unpaired) electrons. The topological polar surface area (TPSA) is 90.4 Å². The minimum absolute atomic E-state index is 0.0124. The zero-order valence-electron chi connectivity index (χ0n) is 11.5. The van der Waals surface area contributed by atoms with E-state index >= 15 is 0 Å². The molecule has 0 aliphatic heterocycles. The van der Waals surface area contributed by atoms with E-state index in [-0.39, 0.29) is 12.3 Å². The zero-order chi connectivity index (χ0) is 14.9. The van der Waals surface area contributed by atoms with Crippen molar-refractivity contribution in [2.45, 2.75) is 20.5 Å². The van der Waals surface area contributed by atoms with Gasteiger partial charge >= 0.3 is 0 Å². The second-order valence-electron chi connectivity index (χ2n) is 4.46. The Morgan fingerprint density at radius 1 is 1.45 bits per heavy atom. The van der Waals surface area contributed by atoms with Crippen LogP contribution in [0.3, 0.4) is 0 Å². The summed E-state index contributed by atoms with van der Waals surface area (Å²) >= 11 is 0. The van der Waals surface area contributed by atoms with E-state index in [2.05, 4.69) is 5.10 Å². The van der Waals surface area contributed by atoms with Gasteiger partial charge in [-0.15, -0.1) is 0 Å². The fraction of sp³-hybridized carbons (Fsp3) is 0.308. The number of aryl methyl sites for hydroxylation is 3. The highest BCUT2D eigenvalue weighted by atomic mass is 16.6. The Labute approximate surface area is 115 Å². The first-order chi connectivity index (χ1) is 9.43. The molecule has 0 unspecified atom stereocenters. The smallest absolute Gasteiger partial charge is 0.269 e. The quantitative estimate of drug-likeness (QED) is 0.683. The van der Waals surface area contributed by atoms with Gasteiger partial charge in [-0.25, -0.2) is 4.68 Å². The Morgan fingerprint density at radius 2 is 2.15 bits per heavy atom. The number of nitro groups is 1. The summed E-state index contributed by atoms with van der Waals surface area (Å²) in [6, 6.07) is 4.36. The van der Waals surface area contributed by atoms with E-state index < -0.39 is 4.92 Å². The van der Waals surface area contributed by atoms with Gasteiger partial charge < -0.3 is 9.84 Å². The van der Waals surface area contributed by atoms with Crippen LogP contribution in [0.1, 0.15) is 16.8 Å².